The van der Waals surface area contributed by atoms with E-state index in [0.29, 0.717) is 15.6 Å². The monoisotopic (exact) mass is 294 g/mol. The third-order valence-corrected chi connectivity index (χ3v) is 3.23. The fourth-order valence-corrected chi connectivity index (χ4v) is 2.26. The van der Waals surface area contributed by atoms with E-state index < -0.39 is 0 Å². The van der Waals surface area contributed by atoms with Crippen molar-refractivity contribution in [1.29, 1.82) is 0 Å². The Kier molecular flexibility index (Phi) is 4.35. The maximum atomic E-state index is 9.36. The number of phenolic OH excluding ortho intramolecular Hbond substituents is 1. The number of hydrogen-bond donors (Lipinski definition) is 1. The van der Waals surface area contributed by atoms with Crippen molar-refractivity contribution in [2.24, 2.45) is 0 Å². The molecule has 0 atom stereocenters. The lowest BCUT2D eigenvalue weighted by molar-refractivity contribution is 0.414. The topological polar surface area (TPSA) is 29.5 Å². The van der Waals surface area contributed by atoms with Gasteiger partial charge in [0.1, 0.15) is 11.5 Å². The van der Waals surface area contributed by atoms with Gasteiger partial charge in [-0.3, -0.25) is 0 Å². The standard InChI is InChI=1S/C15H12Cl2O2/c1-19-12-4-2-3-10(7-12)5-6-13-14(16)8-11(18)9-15(13)17/h2-9,18H,1H3/b6-5+. The second kappa shape index (κ2) is 6.00. The predicted molar refractivity (Wildman–Crippen MR) is 80.0 cm³/mol. The molecule has 0 spiro atoms. The van der Waals surface area contributed by atoms with E-state index >= 15 is 0 Å². The average molecular weight is 295 g/mol. The van der Waals surface area contributed by atoms with Crippen molar-refractivity contribution in [2.45, 2.75) is 0 Å². The van der Waals surface area contributed by atoms with E-state index in [0.717, 1.165) is 11.3 Å². The van der Waals surface area contributed by atoms with Crippen molar-refractivity contribution in [2.75, 3.05) is 7.11 Å². The minimum Gasteiger partial charge on any atom is -0.508 e. The normalized spacial score (nSPS) is 10.9. The number of aromatic hydroxyl groups is 1. The SMILES string of the molecule is COc1cccc(/C=C/c2c(Cl)cc(O)cc2Cl)c1. The fourth-order valence-electron chi connectivity index (χ4n) is 1.65. The molecule has 19 heavy (non-hydrogen) atoms. The number of halogens is 2. The van der Waals surface area contributed by atoms with E-state index in [1.807, 2.05) is 30.3 Å². The number of phenols is 1. The van der Waals surface area contributed by atoms with Crippen LogP contribution >= 0.6 is 23.2 Å². The lowest BCUT2D eigenvalue weighted by atomic mass is 10.1. The van der Waals surface area contributed by atoms with Crippen molar-refractivity contribution in [3.05, 3.63) is 57.6 Å². The molecule has 0 fully saturated rings. The summed E-state index contributed by atoms with van der Waals surface area (Å²) in [5.41, 5.74) is 1.64. The maximum Gasteiger partial charge on any atom is 0.119 e. The smallest absolute Gasteiger partial charge is 0.119 e. The molecule has 98 valence electrons. The second-order valence-electron chi connectivity index (χ2n) is 3.93. The molecule has 2 aromatic rings. The first-order valence-corrected chi connectivity index (χ1v) is 6.36. The molecule has 2 aromatic carbocycles. The summed E-state index contributed by atoms with van der Waals surface area (Å²) >= 11 is 12.1. The van der Waals surface area contributed by atoms with Crippen LogP contribution in [0.25, 0.3) is 12.2 Å². The van der Waals surface area contributed by atoms with Crippen LogP contribution in [-0.4, -0.2) is 12.2 Å². The molecular formula is C15H12Cl2O2. The van der Waals surface area contributed by atoms with Gasteiger partial charge in [0.25, 0.3) is 0 Å². The highest BCUT2D eigenvalue weighted by molar-refractivity contribution is 6.37. The van der Waals surface area contributed by atoms with Crippen LogP contribution in [-0.2, 0) is 0 Å². The van der Waals surface area contributed by atoms with Gasteiger partial charge in [0.05, 0.1) is 17.2 Å². The summed E-state index contributed by atoms with van der Waals surface area (Å²) in [6.45, 7) is 0. The summed E-state index contributed by atoms with van der Waals surface area (Å²) in [7, 11) is 1.62. The predicted octanol–water partition coefficient (Wildman–Crippen LogP) is 4.88. The third-order valence-electron chi connectivity index (χ3n) is 2.60. The zero-order chi connectivity index (χ0) is 13.8. The molecule has 0 saturated heterocycles. The van der Waals surface area contributed by atoms with Crippen LogP contribution in [0.15, 0.2) is 36.4 Å². The molecule has 2 rings (SSSR count). The van der Waals surface area contributed by atoms with Gasteiger partial charge in [0, 0.05) is 5.56 Å². The van der Waals surface area contributed by atoms with Crippen LogP contribution in [0.4, 0.5) is 0 Å². The Labute approximate surface area is 121 Å². The highest BCUT2D eigenvalue weighted by atomic mass is 35.5. The van der Waals surface area contributed by atoms with Gasteiger partial charge in [-0.2, -0.15) is 0 Å². The number of benzene rings is 2. The minimum absolute atomic E-state index is 0.0496. The molecule has 0 bridgehead atoms. The van der Waals surface area contributed by atoms with Gasteiger partial charge in [-0.15, -0.1) is 0 Å². The number of methoxy groups -OCH3 is 1. The number of hydrogen-bond acceptors (Lipinski definition) is 2. The summed E-state index contributed by atoms with van der Waals surface area (Å²) in [5, 5.41) is 10.2. The van der Waals surface area contributed by atoms with Crippen LogP contribution in [0.2, 0.25) is 10.0 Å². The van der Waals surface area contributed by atoms with Crippen LogP contribution in [0.3, 0.4) is 0 Å². The number of ether oxygens (including phenoxy) is 1. The Morgan fingerprint density at radius 2 is 1.74 bits per heavy atom. The van der Waals surface area contributed by atoms with Gasteiger partial charge in [0.15, 0.2) is 0 Å². The summed E-state index contributed by atoms with van der Waals surface area (Å²) in [4.78, 5) is 0. The van der Waals surface area contributed by atoms with Crippen molar-refractivity contribution in [1.82, 2.24) is 0 Å². The lowest BCUT2D eigenvalue weighted by Crippen LogP contribution is -1.82. The van der Waals surface area contributed by atoms with Crippen LogP contribution < -0.4 is 4.74 Å². The molecule has 2 nitrogen and oxygen atoms in total. The van der Waals surface area contributed by atoms with E-state index in [9.17, 15) is 5.11 Å². The van der Waals surface area contributed by atoms with Gasteiger partial charge in [-0.25, -0.2) is 0 Å². The Morgan fingerprint density at radius 3 is 2.37 bits per heavy atom. The molecule has 0 saturated carbocycles. The van der Waals surface area contributed by atoms with E-state index in [-0.39, 0.29) is 5.75 Å². The minimum atomic E-state index is 0.0496. The van der Waals surface area contributed by atoms with Crippen molar-refractivity contribution < 1.29 is 9.84 Å². The summed E-state index contributed by atoms with van der Waals surface area (Å²) in [6.07, 6.45) is 3.69. The molecule has 1 N–H and O–H groups in total. The molecule has 0 aliphatic rings. The summed E-state index contributed by atoms with van der Waals surface area (Å²) in [6, 6.07) is 10.5. The molecular weight excluding hydrogens is 283 g/mol. The highest BCUT2D eigenvalue weighted by Gasteiger charge is 2.05. The average Bonchev–Trinajstić information content (AvgIpc) is 2.37. The fraction of sp³-hybridized carbons (Fsp3) is 0.0667. The van der Waals surface area contributed by atoms with Crippen LogP contribution in [0, 0.1) is 0 Å². The zero-order valence-corrected chi connectivity index (χ0v) is 11.7. The summed E-state index contributed by atoms with van der Waals surface area (Å²) < 4.78 is 5.15. The molecule has 4 heteroatoms. The van der Waals surface area contributed by atoms with E-state index in [4.69, 9.17) is 27.9 Å². The van der Waals surface area contributed by atoms with Crippen molar-refractivity contribution >= 4 is 35.4 Å². The first kappa shape index (κ1) is 13.8. The Morgan fingerprint density at radius 1 is 1.05 bits per heavy atom. The Bertz CT molecular complexity index is 598. The number of rotatable bonds is 3. The molecule has 0 amide bonds. The summed E-state index contributed by atoms with van der Waals surface area (Å²) in [5.74, 6) is 0.832. The lowest BCUT2D eigenvalue weighted by Gasteiger charge is -2.03. The van der Waals surface area contributed by atoms with Gasteiger partial charge in [-0.1, -0.05) is 47.5 Å². The largest absolute Gasteiger partial charge is 0.508 e. The van der Waals surface area contributed by atoms with Gasteiger partial charge >= 0.3 is 0 Å². The van der Waals surface area contributed by atoms with Crippen molar-refractivity contribution in [3.63, 3.8) is 0 Å². The van der Waals surface area contributed by atoms with Crippen LogP contribution in [0.5, 0.6) is 11.5 Å². The quantitative estimate of drug-likeness (QED) is 0.818. The van der Waals surface area contributed by atoms with Crippen LogP contribution in [0.1, 0.15) is 11.1 Å². The van der Waals surface area contributed by atoms with Gasteiger partial charge in [0.2, 0.25) is 0 Å². The van der Waals surface area contributed by atoms with E-state index in [2.05, 4.69) is 0 Å². The molecule has 0 aliphatic heterocycles. The van der Waals surface area contributed by atoms with Gasteiger partial charge < -0.3 is 9.84 Å². The van der Waals surface area contributed by atoms with Gasteiger partial charge in [-0.05, 0) is 29.8 Å². The Hall–Kier alpha value is -1.64. The molecule has 0 aromatic heterocycles. The van der Waals surface area contributed by atoms with E-state index in [1.54, 1.807) is 13.2 Å². The molecule has 0 aliphatic carbocycles. The Balaban J connectivity index is 2.32. The first-order chi connectivity index (χ1) is 9.10. The van der Waals surface area contributed by atoms with Crippen molar-refractivity contribution in [3.8, 4) is 11.5 Å². The zero-order valence-electron chi connectivity index (χ0n) is 10.2. The van der Waals surface area contributed by atoms with E-state index in [1.165, 1.54) is 12.1 Å². The maximum absolute atomic E-state index is 9.36. The molecule has 0 radical (unpaired) electrons. The molecule has 0 unspecified atom stereocenters. The second-order valence-corrected chi connectivity index (χ2v) is 4.75. The molecule has 0 heterocycles. The third kappa shape index (κ3) is 3.43. The highest BCUT2D eigenvalue weighted by Crippen LogP contribution is 2.31. The first-order valence-electron chi connectivity index (χ1n) is 5.60.